The Morgan fingerprint density at radius 3 is 2.36 bits per heavy atom. The first-order valence-electron chi connectivity index (χ1n) is 4.85. The predicted molar refractivity (Wildman–Crippen MR) is 67.0 cm³/mol. The molecule has 0 aromatic heterocycles. The molecule has 1 rings (SSSR count). The van der Waals surface area contributed by atoms with Crippen LogP contribution in [0.5, 0.6) is 0 Å². The highest BCUT2D eigenvalue weighted by atomic mass is 79.9. The predicted octanol–water partition coefficient (Wildman–Crippen LogP) is 4.12. The molecule has 0 radical (unpaired) electrons. The highest BCUT2D eigenvalue weighted by Gasteiger charge is 2.18. The van der Waals surface area contributed by atoms with E-state index in [0.717, 1.165) is 11.8 Å². The quantitative estimate of drug-likeness (QED) is 0.559. The molecule has 0 fully saturated rings. The van der Waals surface area contributed by atoms with Crippen LogP contribution in [0.2, 0.25) is 0 Å². The van der Waals surface area contributed by atoms with Crippen molar-refractivity contribution in [1.29, 1.82) is 0 Å². The zero-order valence-corrected chi connectivity index (χ0v) is 10.5. The molecule has 1 aromatic carbocycles. The van der Waals surface area contributed by atoms with E-state index in [1.54, 1.807) is 0 Å². The Balaban J connectivity index is 2.77. The van der Waals surface area contributed by atoms with Crippen LogP contribution < -0.4 is 0 Å². The second-order valence-electron chi connectivity index (χ2n) is 4.15. The van der Waals surface area contributed by atoms with Crippen molar-refractivity contribution in [1.82, 2.24) is 0 Å². The van der Waals surface area contributed by atoms with Gasteiger partial charge in [-0.05, 0) is 24.3 Å². The van der Waals surface area contributed by atoms with Gasteiger partial charge in [0.2, 0.25) is 0 Å². The van der Waals surface area contributed by atoms with E-state index in [-0.39, 0.29) is 5.41 Å². The summed E-state index contributed by atoms with van der Waals surface area (Å²) in [7, 11) is 0. The van der Waals surface area contributed by atoms with E-state index in [0.29, 0.717) is 0 Å². The Morgan fingerprint density at radius 1 is 1.36 bits per heavy atom. The van der Waals surface area contributed by atoms with Gasteiger partial charge in [0.05, 0.1) is 0 Å². The van der Waals surface area contributed by atoms with Gasteiger partial charge in [-0.2, -0.15) is 0 Å². The Kier molecular flexibility index (Phi) is 3.94. The summed E-state index contributed by atoms with van der Waals surface area (Å²) < 4.78 is 0. The molecular weight excluding hydrogens is 236 g/mol. The lowest BCUT2D eigenvalue weighted by Gasteiger charge is -2.22. The van der Waals surface area contributed by atoms with Gasteiger partial charge < -0.3 is 0 Å². The van der Waals surface area contributed by atoms with Crippen molar-refractivity contribution >= 4 is 15.9 Å². The number of hydrogen-bond donors (Lipinski definition) is 0. The number of alkyl halides is 1. The molecule has 0 aliphatic carbocycles. The molecule has 0 aliphatic heterocycles. The van der Waals surface area contributed by atoms with E-state index < -0.39 is 0 Å². The molecule has 0 saturated heterocycles. The van der Waals surface area contributed by atoms with Crippen molar-refractivity contribution in [2.75, 3.05) is 5.33 Å². The number of rotatable bonds is 4. The van der Waals surface area contributed by atoms with Crippen LogP contribution in [0.15, 0.2) is 36.9 Å². The summed E-state index contributed by atoms with van der Waals surface area (Å²) in [6.07, 6.45) is 3.07. The molecule has 0 heterocycles. The first kappa shape index (κ1) is 11.5. The molecule has 0 aliphatic rings. The maximum Gasteiger partial charge on any atom is 0.0123 e. The van der Waals surface area contributed by atoms with E-state index >= 15 is 0 Å². The molecule has 0 bridgehead atoms. The lowest BCUT2D eigenvalue weighted by atomic mass is 9.86. The van der Waals surface area contributed by atoms with Crippen LogP contribution in [0.4, 0.5) is 0 Å². The molecule has 1 atom stereocenters. The molecule has 1 aromatic rings. The monoisotopic (exact) mass is 252 g/mol. The van der Waals surface area contributed by atoms with Crippen molar-refractivity contribution in [3.05, 3.63) is 48.0 Å². The van der Waals surface area contributed by atoms with Crippen molar-refractivity contribution in [2.24, 2.45) is 5.41 Å². The number of hydrogen-bond acceptors (Lipinski definition) is 0. The van der Waals surface area contributed by atoms with Crippen LogP contribution in [0.1, 0.15) is 18.1 Å². The molecule has 76 valence electrons. The third-order valence-electron chi connectivity index (χ3n) is 2.53. The van der Waals surface area contributed by atoms with Gasteiger partial charge in [-0.15, -0.1) is 6.58 Å². The van der Waals surface area contributed by atoms with Gasteiger partial charge in [0.1, 0.15) is 0 Å². The van der Waals surface area contributed by atoms with Crippen LogP contribution in [-0.4, -0.2) is 5.33 Å². The molecule has 0 N–H and O–H groups in total. The van der Waals surface area contributed by atoms with Crippen LogP contribution in [0.3, 0.4) is 0 Å². The number of aryl methyl sites for hydroxylation is 1. The number of halogens is 1. The van der Waals surface area contributed by atoms with Gasteiger partial charge in [0, 0.05) is 5.33 Å². The van der Waals surface area contributed by atoms with Gasteiger partial charge in [-0.25, -0.2) is 0 Å². The van der Waals surface area contributed by atoms with Gasteiger partial charge in [-0.1, -0.05) is 58.8 Å². The average molecular weight is 253 g/mol. The van der Waals surface area contributed by atoms with Crippen LogP contribution in [0.25, 0.3) is 0 Å². The minimum atomic E-state index is 0.162. The maximum absolute atomic E-state index is 3.89. The minimum absolute atomic E-state index is 0.162. The zero-order valence-electron chi connectivity index (χ0n) is 8.89. The lowest BCUT2D eigenvalue weighted by molar-refractivity contribution is 0.493. The van der Waals surface area contributed by atoms with Crippen molar-refractivity contribution in [2.45, 2.75) is 20.3 Å². The average Bonchev–Trinajstić information content (AvgIpc) is 2.21. The van der Waals surface area contributed by atoms with E-state index in [1.807, 2.05) is 6.08 Å². The van der Waals surface area contributed by atoms with E-state index in [4.69, 9.17) is 0 Å². The normalized spacial score (nSPS) is 14.8. The fourth-order valence-corrected chi connectivity index (χ4v) is 1.77. The molecule has 0 amide bonds. The largest absolute Gasteiger partial charge is 0.102 e. The van der Waals surface area contributed by atoms with Crippen LogP contribution in [-0.2, 0) is 6.42 Å². The third kappa shape index (κ3) is 2.98. The van der Waals surface area contributed by atoms with Gasteiger partial charge in [0.25, 0.3) is 0 Å². The molecule has 14 heavy (non-hydrogen) atoms. The first-order valence-corrected chi connectivity index (χ1v) is 5.97. The van der Waals surface area contributed by atoms with Gasteiger partial charge in [0.15, 0.2) is 0 Å². The second kappa shape index (κ2) is 4.79. The Morgan fingerprint density at radius 2 is 1.93 bits per heavy atom. The number of benzene rings is 1. The van der Waals surface area contributed by atoms with Gasteiger partial charge in [-0.3, -0.25) is 0 Å². The summed E-state index contributed by atoms with van der Waals surface area (Å²) >= 11 is 3.53. The third-order valence-corrected chi connectivity index (χ3v) is 3.81. The Bertz CT molecular complexity index is 300. The van der Waals surface area contributed by atoms with Crippen LogP contribution in [0, 0.1) is 12.3 Å². The second-order valence-corrected chi connectivity index (χ2v) is 4.71. The topological polar surface area (TPSA) is 0 Å². The Labute approximate surface area is 95.2 Å². The molecule has 0 saturated carbocycles. The van der Waals surface area contributed by atoms with Crippen molar-refractivity contribution < 1.29 is 0 Å². The summed E-state index contributed by atoms with van der Waals surface area (Å²) in [6, 6.07) is 8.71. The van der Waals surface area contributed by atoms with Crippen molar-refractivity contribution in [3.8, 4) is 0 Å². The van der Waals surface area contributed by atoms with Gasteiger partial charge >= 0.3 is 0 Å². The highest BCUT2D eigenvalue weighted by molar-refractivity contribution is 9.09. The maximum atomic E-state index is 3.89. The molecular formula is C13H17Br. The summed E-state index contributed by atoms with van der Waals surface area (Å²) in [6.45, 7) is 8.22. The van der Waals surface area contributed by atoms with Crippen molar-refractivity contribution in [3.63, 3.8) is 0 Å². The molecule has 1 heteroatoms. The van der Waals surface area contributed by atoms with Crippen LogP contribution >= 0.6 is 15.9 Å². The number of allylic oxidation sites excluding steroid dienone is 1. The molecule has 1 unspecified atom stereocenters. The lowest BCUT2D eigenvalue weighted by Crippen LogP contribution is -2.17. The molecule has 0 spiro atoms. The van der Waals surface area contributed by atoms with E-state index in [2.05, 4.69) is 60.6 Å². The zero-order chi connectivity index (χ0) is 10.6. The summed E-state index contributed by atoms with van der Waals surface area (Å²) in [5.74, 6) is 0. The summed E-state index contributed by atoms with van der Waals surface area (Å²) in [5, 5.41) is 0.956. The fourth-order valence-electron chi connectivity index (χ4n) is 1.35. The fraction of sp³-hybridized carbons (Fsp3) is 0.385. The van der Waals surface area contributed by atoms with E-state index in [1.165, 1.54) is 11.1 Å². The van der Waals surface area contributed by atoms with E-state index in [9.17, 15) is 0 Å². The standard InChI is InChI=1S/C13H17Br/c1-4-13(3,10-14)9-12-7-5-11(2)6-8-12/h4-8H,1,9-10H2,2-3H3. The summed E-state index contributed by atoms with van der Waals surface area (Å²) in [4.78, 5) is 0. The SMILES string of the molecule is C=CC(C)(CBr)Cc1ccc(C)cc1. The first-order chi connectivity index (χ1) is 6.59. The smallest absolute Gasteiger partial charge is 0.0123 e. The Hall–Kier alpha value is -0.560. The highest BCUT2D eigenvalue weighted by Crippen LogP contribution is 2.26. The minimum Gasteiger partial charge on any atom is -0.102 e. The molecule has 0 nitrogen and oxygen atoms in total. The summed E-state index contributed by atoms with van der Waals surface area (Å²) in [5.41, 5.74) is 2.85.